The maximum atomic E-state index is 3.77. The molecule has 1 aliphatic rings. The van der Waals surface area contributed by atoms with E-state index in [0.717, 1.165) is 12.5 Å². The van der Waals surface area contributed by atoms with Gasteiger partial charge in [0.05, 0.1) is 0 Å². The first-order chi connectivity index (χ1) is 9.63. The second kappa shape index (κ2) is 7.61. The normalized spacial score (nSPS) is 18.8. The van der Waals surface area contributed by atoms with Crippen LogP contribution in [0.25, 0.3) is 0 Å². The molecule has 0 aliphatic heterocycles. The van der Waals surface area contributed by atoms with E-state index in [1.54, 1.807) is 0 Å². The van der Waals surface area contributed by atoms with Crippen molar-refractivity contribution in [3.8, 4) is 0 Å². The molecular formula is C18H28BrN. The van der Waals surface area contributed by atoms with Crippen LogP contribution in [0.3, 0.4) is 0 Å². The zero-order valence-corrected chi connectivity index (χ0v) is 14.7. The van der Waals surface area contributed by atoms with Gasteiger partial charge in [0.15, 0.2) is 0 Å². The summed E-state index contributed by atoms with van der Waals surface area (Å²) < 4.78 is 1.23. The number of benzene rings is 1. The first-order valence-corrected chi connectivity index (χ1v) is 8.92. The minimum absolute atomic E-state index is 0.532. The summed E-state index contributed by atoms with van der Waals surface area (Å²) in [6.07, 6.45) is 8.42. The van der Waals surface area contributed by atoms with Crippen LogP contribution in [0, 0.1) is 19.8 Å². The molecule has 0 radical (unpaired) electrons. The Bertz CT molecular complexity index is 433. The molecule has 1 fully saturated rings. The van der Waals surface area contributed by atoms with Crippen LogP contribution in [0.2, 0.25) is 0 Å². The zero-order chi connectivity index (χ0) is 14.5. The Morgan fingerprint density at radius 1 is 1.10 bits per heavy atom. The largest absolute Gasteiger partial charge is 0.310 e. The number of hydrogen-bond acceptors (Lipinski definition) is 1. The summed E-state index contributed by atoms with van der Waals surface area (Å²) in [6.45, 7) is 7.73. The molecule has 0 aromatic heterocycles. The van der Waals surface area contributed by atoms with Crippen molar-refractivity contribution in [2.24, 2.45) is 5.92 Å². The maximum absolute atomic E-state index is 3.77. The van der Waals surface area contributed by atoms with Crippen LogP contribution in [-0.4, -0.2) is 6.54 Å². The van der Waals surface area contributed by atoms with Gasteiger partial charge in [-0.15, -0.1) is 0 Å². The van der Waals surface area contributed by atoms with E-state index in [4.69, 9.17) is 0 Å². The Morgan fingerprint density at radius 2 is 1.75 bits per heavy atom. The molecule has 1 aromatic carbocycles. The highest BCUT2D eigenvalue weighted by Crippen LogP contribution is 2.36. The van der Waals surface area contributed by atoms with E-state index < -0.39 is 0 Å². The van der Waals surface area contributed by atoms with Gasteiger partial charge < -0.3 is 5.32 Å². The lowest BCUT2D eigenvalue weighted by Crippen LogP contribution is -2.29. The average Bonchev–Trinajstić information content (AvgIpc) is 2.69. The summed E-state index contributed by atoms with van der Waals surface area (Å²) in [7, 11) is 0. The molecule has 0 spiro atoms. The Hall–Kier alpha value is -0.340. The van der Waals surface area contributed by atoms with Crippen LogP contribution < -0.4 is 5.32 Å². The summed E-state index contributed by atoms with van der Waals surface area (Å²) in [5, 5.41) is 3.77. The van der Waals surface area contributed by atoms with Gasteiger partial charge in [0.1, 0.15) is 0 Å². The van der Waals surface area contributed by atoms with Crippen LogP contribution in [0.5, 0.6) is 0 Å². The lowest BCUT2D eigenvalue weighted by Gasteiger charge is -2.29. The number of halogens is 1. The van der Waals surface area contributed by atoms with Gasteiger partial charge in [-0.1, -0.05) is 54.6 Å². The standard InChI is InChI=1S/C18H28BrN/c1-4-20-18(15-9-7-5-6-8-10-15)16-11-14(3)17(19)12-13(16)2/h11-12,15,18,20H,4-10H2,1-3H3. The summed E-state index contributed by atoms with van der Waals surface area (Å²) in [6, 6.07) is 5.20. The SMILES string of the molecule is CCNC(c1cc(C)c(Br)cc1C)C1CCCCCC1. The Balaban J connectivity index is 2.29. The average molecular weight is 338 g/mol. The van der Waals surface area contributed by atoms with Crippen molar-refractivity contribution >= 4 is 15.9 Å². The first-order valence-electron chi connectivity index (χ1n) is 8.13. The third-order valence-electron chi connectivity index (χ3n) is 4.68. The predicted molar refractivity (Wildman–Crippen MR) is 91.2 cm³/mol. The monoisotopic (exact) mass is 337 g/mol. The fourth-order valence-electron chi connectivity index (χ4n) is 3.53. The molecule has 1 unspecified atom stereocenters. The van der Waals surface area contributed by atoms with Crippen molar-refractivity contribution < 1.29 is 0 Å². The van der Waals surface area contributed by atoms with Gasteiger partial charge >= 0.3 is 0 Å². The number of rotatable bonds is 4. The quantitative estimate of drug-likeness (QED) is 0.696. The third-order valence-corrected chi connectivity index (χ3v) is 5.53. The van der Waals surface area contributed by atoms with Gasteiger partial charge in [0.25, 0.3) is 0 Å². The van der Waals surface area contributed by atoms with Crippen molar-refractivity contribution in [1.82, 2.24) is 5.32 Å². The van der Waals surface area contributed by atoms with Crippen molar-refractivity contribution in [3.05, 3.63) is 33.3 Å². The highest BCUT2D eigenvalue weighted by molar-refractivity contribution is 9.10. The van der Waals surface area contributed by atoms with Crippen molar-refractivity contribution in [2.45, 2.75) is 65.3 Å². The highest BCUT2D eigenvalue weighted by Gasteiger charge is 2.25. The molecule has 1 nitrogen and oxygen atoms in total. The van der Waals surface area contributed by atoms with Crippen molar-refractivity contribution in [3.63, 3.8) is 0 Å². The van der Waals surface area contributed by atoms with Crippen LogP contribution >= 0.6 is 15.9 Å². The summed E-state index contributed by atoms with van der Waals surface area (Å²) >= 11 is 3.66. The molecule has 0 bridgehead atoms. The molecule has 1 aliphatic carbocycles. The lowest BCUT2D eigenvalue weighted by molar-refractivity contribution is 0.329. The molecule has 112 valence electrons. The molecule has 20 heavy (non-hydrogen) atoms. The van der Waals surface area contributed by atoms with Gasteiger partial charge in [-0.3, -0.25) is 0 Å². The van der Waals surface area contributed by atoms with E-state index in [0.29, 0.717) is 6.04 Å². The minimum Gasteiger partial charge on any atom is -0.310 e. The van der Waals surface area contributed by atoms with Crippen LogP contribution in [-0.2, 0) is 0 Å². The van der Waals surface area contributed by atoms with E-state index in [-0.39, 0.29) is 0 Å². The van der Waals surface area contributed by atoms with Crippen molar-refractivity contribution in [1.29, 1.82) is 0 Å². The van der Waals surface area contributed by atoms with Crippen LogP contribution in [0.1, 0.15) is 68.2 Å². The molecule has 2 heteroatoms. The lowest BCUT2D eigenvalue weighted by atomic mass is 9.84. The number of aryl methyl sites for hydroxylation is 2. The number of hydrogen-bond donors (Lipinski definition) is 1. The van der Waals surface area contributed by atoms with Gasteiger partial charge in [-0.2, -0.15) is 0 Å². The van der Waals surface area contributed by atoms with E-state index in [1.165, 1.54) is 59.7 Å². The molecule has 1 aromatic rings. The second-order valence-corrected chi connectivity index (χ2v) is 7.10. The van der Waals surface area contributed by atoms with Gasteiger partial charge in [0, 0.05) is 10.5 Å². The maximum Gasteiger partial charge on any atom is 0.0351 e. The van der Waals surface area contributed by atoms with Crippen LogP contribution in [0.4, 0.5) is 0 Å². The van der Waals surface area contributed by atoms with Gasteiger partial charge in [-0.05, 0) is 61.9 Å². The fraction of sp³-hybridized carbons (Fsp3) is 0.667. The van der Waals surface area contributed by atoms with Crippen LogP contribution in [0.15, 0.2) is 16.6 Å². The Labute approximate surface area is 132 Å². The van der Waals surface area contributed by atoms with E-state index >= 15 is 0 Å². The van der Waals surface area contributed by atoms with Gasteiger partial charge in [0.2, 0.25) is 0 Å². The minimum atomic E-state index is 0.532. The highest BCUT2D eigenvalue weighted by atomic mass is 79.9. The topological polar surface area (TPSA) is 12.0 Å². The molecule has 1 atom stereocenters. The third kappa shape index (κ3) is 3.85. The fourth-order valence-corrected chi connectivity index (χ4v) is 3.99. The summed E-state index contributed by atoms with van der Waals surface area (Å²) in [5.74, 6) is 0.803. The zero-order valence-electron chi connectivity index (χ0n) is 13.1. The Morgan fingerprint density at radius 3 is 2.35 bits per heavy atom. The smallest absolute Gasteiger partial charge is 0.0351 e. The second-order valence-electron chi connectivity index (χ2n) is 6.24. The number of nitrogens with one attached hydrogen (secondary N) is 1. The molecule has 2 rings (SSSR count). The predicted octanol–water partition coefficient (Wildman–Crippen LogP) is 5.69. The summed E-state index contributed by atoms with van der Waals surface area (Å²) in [5.41, 5.74) is 4.28. The van der Waals surface area contributed by atoms with E-state index in [2.05, 4.69) is 54.2 Å². The first kappa shape index (κ1) is 16.0. The molecule has 0 amide bonds. The molecule has 0 saturated heterocycles. The van der Waals surface area contributed by atoms with E-state index in [9.17, 15) is 0 Å². The molecule has 1 saturated carbocycles. The molecule has 0 heterocycles. The van der Waals surface area contributed by atoms with Crippen molar-refractivity contribution in [2.75, 3.05) is 6.54 Å². The summed E-state index contributed by atoms with van der Waals surface area (Å²) in [4.78, 5) is 0. The van der Waals surface area contributed by atoms with Gasteiger partial charge in [-0.25, -0.2) is 0 Å². The molecular weight excluding hydrogens is 310 g/mol. The molecule has 1 N–H and O–H groups in total. The Kier molecular flexibility index (Phi) is 6.10. The van der Waals surface area contributed by atoms with E-state index in [1.807, 2.05) is 0 Å².